The van der Waals surface area contributed by atoms with Crippen LogP contribution in [0.15, 0.2) is 23.1 Å². The molecule has 1 saturated heterocycles. The zero-order chi connectivity index (χ0) is 14.8. The minimum Gasteiger partial charge on any atom is -0.393 e. The number of ether oxygens (including phenoxy) is 1. The molecule has 1 unspecified atom stereocenters. The summed E-state index contributed by atoms with van der Waals surface area (Å²) in [6.07, 6.45) is 1.55. The number of benzene rings is 1. The van der Waals surface area contributed by atoms with Gasteiger partial charge in [0.25, 0.3) is 5.69 Å². The number of nitrogens with two attached hydrogens (primary N) is 1. The zero-order valence-electron chi connectivity index (χ0n) is 10.6. The molecular weight excluding hydrogens is 286 g/mol. The maximum atomic E-state index is 12.0. The largest absolute Gasteiger partial charge is 0.393 e. The summed E-state index contributed by atoms with van der Waals surface area (Å²) in [5.41, 5.74) is 4.93. The number of hydrogen-bond acceptors (Lipinski definition) is 6. The molecule has 0 aromatic heterocycles. The predicted octanol–water partition coefficient (Wildman–Crippen LogP) is 0.634. The molecule has 0 bridgehead atoms. The van der Waals surface area contributed by atoms with Gasteiger partial charge in [-0.2, -0.15) is 0 Å². The Bertz CT molecular complexity index is 610. The molecule has 1 heterocycles. The molecule has 9 heteroatoms. The topological polar surface area (TPSA) is 125 Å². The third kappa shape index (κ3) is 3.24. The molecule has 1 aromatic carbocycles. The fourth-order valence-electron chi connectivity index (χ4n) is 1.94. The fourth-order valence-corrected chi connectivity index (χ4v) is 3.03. The number of nitrogen functional groups attached to an aromatic ring is 1. The van der Waals surface area contributed by atoms with Crippen LogP contribution in [-0.4, -0.2) is 32.6 Å². The summed E-state index contributed by atoms with van der Waals surface area (Å²) >= 11 is 0. The smallest absolute Gasteiger partial charge is 0.293 e. The number of rotatable bonds is 5. The average Bonchev–Trinajstić information content (AvgIpc) is 2.89. The molecule has 1 aliphatic rings. The second-order valence-electron chi connectivity index (χ2n) is 4.46. The van der Waals surface area contributed by atoms with Crippen molar-refractivity contribution in [3.63, 3.8) is 0 Å². The van der Waals surface area contributed by atoms with E-state index in [-0.39, 0.29) is 23.2 Å². The van der Waals surface area contributed by atoms with Gasteiger partial charge in [0.15, 0.2) is 0 Å². The van der Waals surface area contributed by atoms with Crippen LogP contribution in [0, 0.1) is 10.1 Å². The second kappa shape index (κ2) is 5.73. The third-order valence-electron chi connectivity index (χ3n) is 3.03. The first kappa shape index (κ1) is 14.7. The Kier molecular flexibility index (Phi) is 4.21. The Labute approximate surface area is 116 Å². The predicted molar refractivity (Wildman–Crippen MR) is 71.7 cm³/mol. The second-order valence-corrected chi connectivity index (χ2v) is 6.23. The lowest BCUT2D eigenvalue weighted by Gasteiger charge is -2.11. The Morgan fingerprint density at radius 1 is 1.50 bits per heavy atom. The van der Waals surface area contributed by atoms with Gasteiger partial charge in [0, 0.05) is 19.2 Å². The standard InChI is InChI=1S/C11H15N3O5S/c12-10-4-3-9(6-11(10)14(15)16)20(17,18)13-7-8-2-1-5-19-8/h3-4,6,8,13H,1-2,5,7,12H2. The summed E-state index contributed by atoms with van der Waals surface area (Å²) in [5.74, 6) is 0. The zero-order valence-corrected chi connectivity index (χ0v) is 11.4. The molecule has 20 heavy (non-hydrogen) atoms. The van der Waals surface area contributed by atoms with Crippen molar-refractivity contribution >= 4 is 21.4 Å². The van der Waals surface area contributed by atoms with Gasteiger partial charge in [-0.05, 0) is 25.0 Å². The summed E-state index contributed by atoms with van der Waals surface area (Å²) in [6, 6.07) is 3.39. The first-order chi connectivity index (χ1) is 9.40. The highest BCUT2D eigenvalue weighted by Crippen LogP contribution is 2.24. The molecule has 2 rings (SSSR count). The highest BCUT2D eigenvalue weighted by molar-refractivity contribution is 7.89. The van der Waals surface area contributed by atoms with Crippen LogP contribution in [0.25, 0.3) is 0 Å². The van der Waals surface area contributed by atoms with Gasteiger partial charge in [-0.3, -0.25) is 10.1 Å². The molecule has 0 amide bonds. The number of hydrogen-bond donors (Lipinski definition) is 2. The van der Waals surface area contributed by atoms with Gasteiger partial charge >= 0.3 is 0 Å². The van der Waals surface area contributed by atoms with E-state index in [9.17, 15) is 18.5 Å². The van der Waals surface area contributed by atoms with Crippen LogP contribution in [0.2, 0.25) is 0 Å². The monoisotopic (exact) mass is 301 g/mol. The van der Waals surface area contributed by atoms with E-state index in [2.05, 4.69) is 4.72 Å². The van der Waals surface area contributed by atoms with Crippen molar-refractivity contribution in [3.05, 3.63) is 28.3 Å². The quantitative estimate of drug-likeness (QED) is 0.467. The Balaban J connectivity index is 2.16. The Morgan fingerprint density at radius 3 is 2.85 bits per heavy atom. The molecule has 1 aromatic rings. The number of nitro benzene ring substituents is 1. The van der Waals surface area contributed by atoms with E-state index < -0.39 is 20.6 Å². The highest BCUT2D eigenvalue weighted by atomic mass is 32.2. The van der Waals surface area contributed by atoms with Crippen molar-refractivity contribution in [1.82, 2.24) is 4.72 Å². The first-order valence-corrected chi connectivity index (χ1v) is 7.53. The van der Waals surface area contributed by atoms with E-state index >= 15 is 0 Å². The molecule has 0 aliphatic carbocycles. The third-order valence-corrected chi connectivity index (χ3v) is 4.46. The number of nitrogens with zero attached hydrogens (tertiary/aromatic N) is 1. The van der Waals surface area contributed by atoms with Crippen LogP contribution < -0.4 is 10.5 Å². The van der Waals surface area contributed by atoms with E-state index in [1.165, 1.54) is 12.1 Å². The van der Waals surface area contributed by atoms with Crippen LogP contribution in [0.1, 0.15) is 12.8 Å². The van der Waals surface area contributed by atoms with Gasteiger partial charge < -0.3 is 10.5 Å². The van der Waals surface area contributed by atoms with Crippen molar-refractivity contribution in [2.45, 2.75) is 23.8 Å². The normalized spacial score (nSPS) is 19.1. The van der Waals surface area contributed by atoms with Crippen molar-refractivity contribution in [2.24, 2.45) is 0 Å². The maximum Gasteiger partial charge on any atom is 0.293 e. The summed E-state index contributed by atoms with van der Waals surface area (Å²) in [4.78, 5) is 9.86. The van der Waals surface area contributed by atoms with E-state index in [1.54, 1.807) is 0 Å². The van der Waals surface area contributed by atoms with Gasteiger partial charge in [-0.25, -0.2) is 13.1 Å². The van der Waals surface area contributed by atoms with Crippen molar-refractivity contribution < 1.29 is 18.1 Å². The SMILES string of the molecule is Nc1ccc(S(=O)(=O)NCC2CCCO2)cc1[N+](=O)[O-]. The molecular formula is C11H15N3O5S. The van der Waals surface area contributed by atoms with Gasteiger partial charge in [0.05, 0.1) is 15.9 Å². The summed E-state index contributed by atoms with van der Waals surface area (Å²) in [7, 11) is -3.81. The van der Waals surface area contributed by atoms with Gasteiger partial charge in [-0.1, -0.05) is 0 Å². The van der Waals surface area contributed by atoms with E-state index in [0.717, 1.165) is 18.9 Å². The molecule has 0 saturated carbocycles. The number of nitrogens with one attached hydrogen (secondary N) is 1. The highest BCUT2D eigenvalue weighted by Gasteiger charge is 2.22. The van der Waals surface area contributed by atoms with E-state index in [0.29, 0.717) is 6.61 Å². The molecule has 1 atom stereocenters. The van der Waals surface area contributed by atoms with Crippen molar-refractivity contribution in [3.8, 4) is 0 Å². The van der Waals surface area contributed by atoms with Crippen LogP contribution in [-0.2, 0) is 14.8 Å². The van der Waals surface area contributed by atoms with Crippen molar-refractivity contribution in [1.29, 1.82) is 0 Å². The van der Waals surface area contributed by atoms with Crippen LogP contribution in [0.3, 0.4) is 0 Å². The number of sulfonamides is 1. The summed E-state index contributed by atoms with van der Waals surface area (Å²) in [5, 5.41) is 10.8. The summed E-state index contributed by atoms with van der Waals surface area (Å²) < 4.78 is 31.8. The first-order valence-electron chi connectivity index (χ1n) is 6.05. The van der Waals surface area contributed by atoms with Crippen LogP contribution >= 0.6 is 0 Å². The minimum absolute atomic E-state index is 0.0759. The lowest BCUT2D eigenvalue weighted by molar-refractivity contribution is -0.384. The molecule has 0 spiro atoms. The van der Waals surface area contributed by atoms with Crippen molar-refractivity contribution in [2.75, 3.05) is 18.9 Å². The van der Waals surface area contributed by atoms with Crippen LogP contribution in [0.4, 0.5) is 11.4 Å². The lowest BCUT2D eigenvalue weighted by atomic mass is 10.2. The van der Waals surface area contributed by atoms with E-state index in [1.807, 2.05) is 0 Å². The van der Waals surface area contributed by atoms with Crippen LogP contribution in [0.5, 0.6) is 0 Å². The lowest BCUT2D eigenvalue weighted by Crippen LogP contribution is -2.31. The average molecular weight is 301 g/mol. The van der Waals surface area contributed by atoms with Gasteiger partial charge in [0.2, 0.25) is 10.0 Å². The Hall–Kier alpha value is -1.71. The molecule has 3 N–H and O–H groups in total. The number of anilines is 1. The molecule has 1 aliphatic heterocycles. The molecule has 110 valence electrons. The van der Waals surface area contributed by atoms with Gasteiger partial charge in [-0.15, -0.1) is 0 Å². The summed E-state index contributed by atoms with van der Waals surface area (Å²) in [6.45, 7) is 0.778. The number of nitro groups is 1. The molecule has 0 radical (unpaired) electrons. The van der Waals surface area contributed by atoms with Gasteiger partial charge in [0.1, 0.15) is 5.69 Å². The minimum atomic E-state index is -3.81. The van der Waals surface area contributed by atoms with E-state index in [4.69, 9.17) is 10.5 Å². The Morgan fingerprint density at radius 2 is 2.25 bits per heavy atom. The fraction of sp³-hybridized carbons (Fsp3) is 0.455. The maximum absolute atomic E-state index is 12.0. The molecule has 1 fully saturated rings. The molecule has 8 nitrogen and oxygen atoms in total.